The average molecular weight is 284 g/mol. The number of halogens is 1. The van der Waals surface area contributed by atoms with E-state index in [4.69, 9.17) is 5.73 Å². The van der Waals surface area contributed by atoms with Crippen LogP contribution >= 0.6 is 12.4 Å². The number of rotatable bonds is 5. The summed E-state index contributed by atoms with van der Waals surface area (Å²) >= 11 is 0. The molecule has 0 bridgehead atoms. The van der Waals surface area contributed by atoms with Gasteiger partial charge in [0.1, 0.15) is 0 Å². The fourth-order valence-electron chi connectivity index (χ4n) is 2.70. The predicted molar refractivity (Wildman–Crippen MR) is 77.9 cm³/mol. The molecule has 1 unspecified atom stereocenters. The highest BCUT2D eigenvalue weighted by atomic mass is 35.5. The third kappa shape index (κ3) is 4.80. The van der Waals surface area contributed by atoms with Crippen molar-refractivity contribution in [2.75, 3.05) is 0 Å². The lowest BCUT2D eigenvalue weighted by molar-refractivity contribution is -0.121. The number of nitrogens with zero attached hydrogens (tertiary/aromatic N) is 1. The number of carbonyl (C=O) groups excluding carboxylic acids is 1. The van der Waals surface area contributed by atoms with Crippen molar-refractivity contribution < 1.29 is 4.79 Å². The second kappa shape index (κ2) is 8.12. The number of nitrogens with one attached hydrogen (secondary N) is 1. The lowest BCUT2D eigenvalue weighted by Crippen LogP contribution is -2.46. The number of primary amides is 1. The van der Waals surface area contributed by atoms with E-state index in [9.17, 15) is 4.79 Å². The van der Waals surface area contributed by atoms with Crippen LogP contribution < -0.4 is 11.1 Å². The van der Waals surface area contributed by atoms with Crippen LogP contribution in [0.15, 0.2) is 24.5 Å². The van der Waals surface area contributed by atoms with E-state index in [-0.39, 0.29) is 24.4 Å². The van der Waals surface area contributed by atoms with Gasteiger partial charge in [-0.3, -0.25) is 9.78 Å². The Kier molecular flexibility index (Phi) is 6.81. The van der Waals surface area contributed by atoms with Gasteiger partial charge in [0.05, 0.1) is 6.04 Å². The number of amides is 1. The SMILES string of the molecule is Cl.NC(=O)C(NCc1cccnc1)C1CCCCC1. The molecule has 1 amide bonds. The Morgan fingerprint density at radius 2 is 2.16 bits per heavy atom. The van der Waals surface area contributed by atoms with Crippen molar-refractivity contribution in [3.8, 4) is 0 Å². The number of pyridine rings is 1. The van der Waals surface area contributed by atoms with E-state index >= 15 is 0 Å². The highest BCUT2D eigenvalue weighted by Crippen LogP contribution is 2.26. The molecular formula is C14H22ClN3O. The minimum absolute atomic E-state index is 0. The van der Waals surface area contributed by atoms with Crippen LogP contribution in [0.4, 0.5) is 0 Å². The summed E-state index contributed by atoms with van der Waals surface area (Å²) in [7, 11) is 0. The molecule has 0 spiro atoms. The third-order valence-electron chi connectivity index (χ3n) is 3.68. The number of carbonyl (C=O) groups is 1. The Morgan fingerprint density at radius 3 is 2.74 bits per heavy atom. The van der Waals surface area contributed by atoms with Crippen molar-refractivity contribution in [3.05, 3.63) is 30.1 Å². The molecule has 106 valence electrons. The minimum atomic E-state index is -0.231. The molecule has 0 aromatic carbocycles. The molecule has 1 saturated carbocycles. The summed E-state index contributed by atoms with van der Waals surface area (Å²) in [5.74, 6) is 0.165. The smallest absolute Gasteiger partial charge is 0.234 e. The van der Waals surface area contributed by atoms with Crippen LogP contribution in [0.3, 0.4) is 0 Å². The quantitative estimate of drug-likeness (QED) is 0.869. The molecule has 0 aliphatic heterocycles. The summed E-state index contributed by atoms with van der Waals surface area (Å²) in [6.45, 7) is 0.651. The second-order valence-electron chi connectivity index (χ2n) is 5.02. The lowest BCUT2D eigenvalue weighted by Gasteiger charge is -2.28. The summed E-state index contributed by atoms with van der Waals surface area (Å²) in [5.41, 5.74) is 6.60. The number of nitrogens with two attached hydrogens (primary N) is 1. The predicted octanol–water partition coefficient (Wildman–Crippen LogP) is 2.03. The van der Waals surface area contributed by atoms with Crippen LogP contribution in [0.5, 0.6) is 0 Å². The van der Waals surface area contributed by atoms with E-state index < -0.39 is 0 Å². The van der Waals surface area contributed by atoms with Gasteiger partial charge in [-0.15, -0.1) is 12.4 Å². The molecule has 1 aliphatic rings. The molecule has 1 fully saturated rings. The maximum absolute atomic E-state index is 11.6. The van der Waals surface area contributed by atoms with Crippen LogP contribution in [0.1, 0.15) is 37.7 Å². The molecular weight excluding hydrogens is 262 g/mol. The van der Waals surface area contributed by atoms with E-state index in [1.807, 2.05) is 18.3 Å². The molecule has 2 rings (SSSR count). The number of hydrogen-bond acceptors (Lipinski definition) is 3. The summed E-state index contributed by atoms with van der Waals surface area (Å²) in [4.78, 5) is 15.6. The van der Waals surface area contributed by atoms with Gasteiger partial charge >= 0.3 is 0 Å². The maximum atomic E-state index is 11.6. The van der Waals surface area contributed by atoms with E-state index in [0.29, 0.717) is 12.5 Å². The van der Waals surface area contributed by atoms with Crippen molar-refractivity contribution in [1.82, 2.24) is 10.3 Å². The fraction of sp³-hybridized carbons (Fsp3) is 0.571. The van der Waals surface area contributed by atoms with Crippen LogP contribution in [-0.4, -0.2) is 16.9 Å². The second-order valence-corrected chi connectivity index (χ2v) is 5.02. The molecule has 1 aromatic heterocycles. The van der Waals surface area contributed by atoms with E-state index in [2.05, 4.69) is 10.3 Å². The largest absolute Gasteiger partial charge is 0.368 e. The Hall–Kier alpha value is -1.13. The van der Waals surface area contributed by atoms with Gasteiger partial charge in [0.25, 0.3) is 0 Å². The van der Waals surface area contributed by atoms with Gasteiger partial charge in [-0.05, 0) is 30.4 Å². The molecule has 1 aliphatic carbocycles. The Balaban J connectivity index is 0.00000180. The highest BCUT2D eigenvalue weighted by molar-refractivity contribution is 5.85. The Labute approximate surface area is 120 Å². The number of hydrogen-bond donors (Lipinski definition) is 2. The third-order valence-corrected chi connectivity index (χ3v) is 3.68. The maximum Gasteiger partial charge on any atom is 0.234 e. The van der Waals surface area contributed by atoms with Gasteiger partial charge in [-0.1, -0.05) is 25.3 Å². The summed E-state index contributed by atoms with van der Waals surface area (Å²) in [6.07, 6.45) is 9.47. The summed E-state index contributed by atoms with van der Waals surface area (Å²) in [5, 5.41) is 3.29. The molecule has 1 atom stereocenters. The fourth-order valence-corrected chi connectivity index (χ4v) is 2.70. The zero-order valence-electron chi connectivity index (χ0n) is 11.0. The van der Waals surface area contributed by atoms with Crippen molar-refractivity contribution in [1.29, 1.82) is 0 Å². The Bertz CT molecular complexity index is 380. The minimum Gasteiger partial charge on any atom is -0.368 e. The van der Waals surface area contributed by atoms with Gasteiger partial charge in [0.2, 0.25) is 5.91 Å². The van der Waals surface area contributed by atoms with E-state index in [1.165, 1.54) is 19.3 Å². The van der Waals surface area contributed by atoms with Gasteiger partial charge in [-0.2, -0.15) is 0 Å². The van der Waals surface area contributed by atoms with E-state index in [0.717, 1.165) is 18.4 Å². The molecule has 4 nitrogen and oxygen atoms in total. The summed E-state index contributed by atoms with van der Waals surface area (Å²) < 4.78 is 0. The molecule has 3 N–H and O–H groups in total. The monoisotopic (exact) mass is 283 g/mol. The first kappa shape index (κ1) is 15.9. The van der Waals surface area contributed by atoms with Crippen LogP contribution in [0.2, 0.25) is 0 Å². The first-order valence-electron chi connectivity index (χ1n) is 6.69. The standard InChI is InChI=1S/C14H21N3O.ClH/c15-14(18)13(12-6-2-1-3-7-12)17-10-11-5-4-8-16-9-11;/h4-5,8-9,12-13,17H,1-3,6-7,10H2,(H2,15,18);1H. The normalized spacial score (nSPS) is 17.5. The van der Waals surface area contributed by atoms with Gasteiger partial charge in [-0.25, -0.2) is 0 Å². The van der Waals surface area contributed by atoms with Crippen molar-refractivity contribution in [3.63, 3.8) is 0 Å². The number of aromatic nitrogens is 1. The lowest BCUT2D eigenvalue weighted by atomic mass is 9.83. The molecule has 1 aromatic rings. The molecule has 1 heterocycles. The Morgan fingerprint density at radius 1 is 1.42 bits per heavy atom. The molecule has 0 radical (unpaired) electrons. The summed E-state index contributed by atoms with van der Waals surface area (Å²) in [6, 6.07) is 3.70. The topological polar surface area (TPSA) is 68.0 Å². The molecule has 19 heavy (non-hydrogen) atoms. The van der Waals surface area contributed by atoms with Crippen molar-refractivity contribution >= 4 is 18.3 Å². The van der Waals surface area contributed by atoms with Gasteiger partial charge in [0, 0.05) is 18.9 Å². The highest BCUT2D eigenvalue weighted by Gasteiger charge is 2.27. The van der Waals surface area contributed by atoms with Gasteiger partial charge in [0.15, 0.2) is 0 Å². The zero-order valence-corrected chi connectivity index (χ0v) is 11.9. The van der Waals surface area contributed by atoms with Gasteiger partial charge < -0.3 is 11.1 Å². The zero-order chi connectivity index (χ0) is 12.8. The molecule has 0 saturated heterocycles. The van der Waals surface area contributed by atoms with Crippen LogP contribution in [0, 0.1) is 5.92 Å². The van der Waals surface area contributed by atoms with Crippen LogP contribution in [0.25, 0.3) is 0 Å². The van der Waals surface area contributed by atoms with Crippen molar-refractivity contribution in [2.24, 2.45) is 11.7 Å². The van der Waals surface area contributed by atoms with Crippen molar-refractivity contribution in [2.45, 2.75) is 44.7 Å². The van der Waals surface area contributed by atoms with E-state index in [1.54, 1.807) is 6.20 Å². The average Bonchev–Trinajstić information content (AvgIpc) is 2.41. The van der Waals surface area contributed by atoms with Crippen LogP contribution in [-0.2, 0) is 11.3 Å². The molecule has 5 heteroatoms. The first-order valence-corrected chi connectivity index (χ1v) is 6.69. The first-order chi connectivity index (χ1) is 8.77.